The van der Waals surface area contributed by atoms with Crippen LogP contribution in [0.25, 0.3) is 0 Å². The van der Waals surface area contributed by atoms with Gasteiger partial charge in [0, 0.05) is 12.1 Å². The molecule has 1 amide bonds. The van der Waals surface area contributed by atoms with Gasteiger partial charge in [0.1, 0.15) is 11.4 Å². The van der Waals surface area contributed by atoms with Gasteiger partial charge in [0.05, 0.1) is 18.7 Å². The number of aromatic nitrogens is 1. The van der Waals surface area contributed by atoms with Crippen LogP contribution in [0.3, 0.4) is 0 Å². The summed E-state index contributed by atoms with van der Waals surface area (Å²) in [6.45, 7) is 4.56. The Balaban J connectivity index is 2.51. The number of hydrogen-bond acceptors (Lipinski definition) is 5. The molecule has 0 aliphatic heterocycles. The van der Waals surface area contributed by atoms with Crippen molar-refractivity contribution in [2.45, 2.75) is 32.8 Å². The van der Waals surface area contributed by atoms with Crippen LogP contribution in [-0.4, -0.2) is 40.0 Å². The Morgan fingerprint density at radius 2 is 2.18 bits per heavy atom. The van der Waals surface area contributed by atoms with Crippen molar-refractivity contribution in [2.24, 2.45) is 0 Å². The molecule has 1 aromatic heterocycles. The van der Waals surface area contributed by atoms with Crippen LogP contribution in [0.15, 0.2) is 4.52 Å². The second-order valence-corrected chi connectivity index (χ2v) is 4.41. The molecule has 3 N–H and O–H groups in total. The predicted molar refractivity (Wildman–Crippen MR) is 60.4 cm³/mol. The molecule has 0 aliphatic carbocycles. The topological polar surface area (TPSA) is 95.6 Å². The highest BCUT2D eigenvalue weighted by Gasteiger charge is 2.20. The summed E-state index contributed by atoms with van der Waals surface area (Å²) in [5.74, 6) is 0.375. The fourth-order valence-corrected chi connectivity index (χ4v) is 1.32. The molecule has 6 heteroatoms. The SMILES string of the molecule is Cc1noc(C)c1CC(=O)NCC(C)(O)CO. The molecule has 0 spiro atoms. The Kier molecular flexibility index (Phi) is 4.25. The van der Waals surface area contributed by atoms with E-state index >= 15 is 0 Å². The Morgan fingerprint density at radius 3 is 2.65 bits per heavy atom. The summed E-state index contributed by atoms with van der Waals surface area (Å²) in [7, 11) is 0. The molecule has 0 fully saturated rings. The molecule has 0 bridgehead atoms. The third-order valence-corrected chi connectivity index (χ3v) is 2.53. The van der Waals surface area contributed by atoms with Crippen molar-refractivity contribution in [3.8, 4) is 0 Å². The van der Waals surface area contributed by atoms with Gasteiger partial charge in [0.25, 0.3) is 0 Å². The first kappa shape index (κ1) is 13.7. The standard InChI is InChI=1S/C11H18N2O4/c1-7-9(8(2)17-13-7)4-10(15)12-5-11(3,16)6-14/h14,16H,4-6H2,1-3H3,(H,12,15). The van der Waals surface area contributed by atoms with E-state index in [9.17, 15) is 9.90 Å². The smallest absolute Gasteiger partial charge is 0.224 e. The van der Waals surface area contributed by atoms with Gasteiger partial charge >= 0.3 is 0 Å². The van der Waals surface area contributed by atoms with Crippen LogP contribution < -0.4 is 5.32 Å². The molecule has 17 heavy (non-hydrogen) atoms. The van der Waals surface area contributed by atoms with Gasteiger partial charge in [-0.25, -0.2) is 0 Å². The van der Waals surface area contributed by atoms with Crippen molar-refractivity contribution < 1.29 is 19.5 Å². The molecular weight excluding hydrogens is 224 g/mol. The van der Waals surface area contributed by atoms with Crippen molar-refractivity contribution in [1.82, 2.24) is 10.5 Å². The summed E-state index contributed by atoms with van der Waals surface area (Å²) in [5.41, 5.74) is 0.145. The predicted octanol–water partition coefficient (Wildman–Crippen LogP) is -0.307. The van der Waals surface area contributed by atoms with E-state index in [0.29, 0.717) is 11.5 Å². The number of aryl methyl sites for hydroxylation is 2. The van der Waals surface area contributed by atoms with Gasteiger partial charge in [-0.2, -0.15) is 0 Å². The van der Waals surface area contributed by atoms with Crippen molar-refractivity contribution in [3.63, 3.8) is 0 Å². The van der Waals surface area contributed by atoms with Crippen molar-refractivity contribution >= 4 is 5.91 Å². The molecule has 6 nitrogen and oxygen atoms in total. The molecule has 1 rings (SSSR count). The van der Waals surface area contributed by atoms with Crippen LogP contribution in [0, 0.1) is 13.8 Å². The second kappa shape index (κ2) is 5.29. The van der Waals surface area contributed by atoms with Crippen LogP contribution in [0.5, 0.6) is 0 Å². The van der Waals surface area contributed by atoms with E-state index in [1.54, 1.807) is 13.8 Å². The maximum absolute atomic E-state index is 11.6. The van der Waals surface area contributed by atoms with E-state index in [2.05, 4.69) is 10.5 Å². The lowest BCUT2D eigenvalue weighted by atomic mass is 10.1. The highest BCUT2D eigenvalue weighted by molar-refractivity contribution is 5.79. The summed E-state index contributed by atoms with van der Waals surface area (Å²) < 4.78 is 4.94. The van der Waals surface area contributed by atoms with Crippen LogP contribution in [-0.2, 0) is 11.2 Å². The van der Waals surface area contributed by atoms with Gasteiger partial charge in [-0.1, -0.05) is 5.16 Å². The highest BCUT2D eigenvalue weighted by Crippen LogP contribution is 2.12. The summed E-state index contributed by atoms with van der Waals surface area (Å²) in [6, 6.07) is 0. The Hall–Kier alpha value is -1.40. The van der Waals surface area contributed by atoms with Crippen LogP contribution in [0.2, 0.25) is 0 Å². The minimum Gasteiger partial charge on any atom is -0.393 e. The Labute approximate surface area is 99.6 Å². The fraction of sp³-hybridized carbons (Fsp3) is 0.636. The van der Waals surface area contributed by atoms with Gasteiger partial charge in [-0.05, 0) is 20.8 Å². The third kappa shape index (κ3) is 3.83. The minimum atomic E-state index is -1.30. The average molecular weight is 242 g/mol. The first-order valence-electron chi connectivity index (χ1n) is 5.37. The number of aliphatic hydroxyl groups is 2. The molecule has 0 saturated carbocycles. The second-order valence-electron chi connectivity index (χ2n) is 4.41. The lowest BCUT2D eigenvalue weighted by molar-refractivity contribution is -0.122. The van der Waals surface area contributed by atoms with E-state index in [-0.39, 0.29) is 18.9 Å². The molecule has 0 aromatic carbocycles. The number of aliphatic hydroxyl groups excluding tert-OH is 1. The number of rotatable bonds is 5. The maximum atomic E-state index is 11.6. The first-order valence-corrected chi connectivity index (χ1v) is 5.37. The molecule has 0 saturated heterocycles. The number of amides is 1. The molecular formula is C11H18N2O4. The molecule has 0 aliphatic rings. The molecule has 1 unspecified atom stereocenters. The number of nitrogens with one attached hydrogen (secondary N) is 1. The molecule has 0 radical (unpaired) electrons. The maximum Gasteiger partial charge on any atom is 0.224 e. The number of carbonyl (C=O) groups excluding carboxylic acids is 1. The van der Waals surface area contributed by atoms with Crippen molar-refractivity contribution in [3.05, 3.63) is 17.0 Å². The van der Waals surface area contributed by atoms with E-state index in [0.717, 1.165) is 5.56 Å². The highest BCUT2D eigenvalue weighted by atomic mass is 16.5. The molecule has 96 valence electrons. The minimum absolute atomic E-state index is 0.00566. The average Bonchev–Trinajstić information content (AvgIpc) is 2.58. The summed E-state index contributed by atoms with van der Waals surface area (Å²) in [4.78, 5) is 11.6. The summed E-state index contributed by atoms with van der Waals surface area (Å²) in [5, 5.41) is 24.6. The third-order valence-electron chi connectivity index (χ3n) is 2.53. The van der Waals surface area contributed by atoms with Crippen LogP contribution in [0.1, 0.15) is 23.9 Å². The van der Waals surface area contributed by atoms with Crippen LogP contribution in [0.4, 0.5) is 0 Å². The zero-order valence-corrected chi connectivity index (χ0v) is 10.3. The van der Waals surface area contributed by atoms with E-state index in [1.807, 2.05) is 0 Å². The van der Waals surface area contributed by atoms with E-state index in [4.69, 9.17) is 9.63 Å². The number of carbonyl (C=O) groups is 1. The largest absolute Gasteiger partial charge is 0.393 e. The quantitative estimate of drug-likeness (QED) is 0.658. The van der Waals surface area contributed by atoms with Gasteiger partial charge in [0.15, 0.2) is 0 Å². The zero-order chi connectivity index (χ0) is 13.1. The Bertz CT molecular complexity index is 379. The summed E-state index contributed by atoms with van der Waals surface area (Å²) in [6.07, 6.45) is 0.155. The van der Waals surface area contributed by atoms with Crippen molar-refractivity contribution in [2.75, 3.05) is 13.2 Å². The van der Waals surface area contributed by atoms with Crippen LogP contribution >= 0.6 is 0 Å². The van der Waals surface area contributed by atoms with E-state index in [1.165, 1.54) is 6.92 Å². The first-order chi connectivity index (χ1) is 7.85. The van der Waals surface area contributed by atoms with Gasteiger partial charge < -0.3 is 20.1 Å². The fourth-order valence-electron chi connectivity index (χ4n) is 1.32. The molecule has 1 aromatic rings. The molecule has 1 heterocycles. The monoisotopic (exact) mass is 242 g/mol. The zero-order valence-electron chi connectivity index (χ0n) is 10.3. The van der Waals surface area contributed by atoms with Gasteiger partial charge in [-0.3, -0.25) is 4.79 Å². The van der Waals surface area contributed by atoms with Crippen molar-refractivity contribution in [1.29, 1.82) is 0 Å². The Morgan fingerprint density at radius 1 is 1.53 bits per heavy atom. The number of nitrogens with zero attached hydrogens (tertiary/aromatic N) is 1. The van der Waals surface area contributed by atoms with E-state index < -0.39 is 12.2 Å². The molecule has 1 atom stereocenters. The lowest BCUT2D eigenvalue weighted by Crippen LogP contribution is -2.43. The normalized spacial score (nSPS) is 14.4. The van der Waals surface area contributed by atoms with Gasteiger partial charge in [0.2, 0.25) is 5.91 Å². The number of hydrogen-bond donors (Lipinski definition) is 3. The van der Waals surface area contributed by atoms with Gasteiger partial charge in [-0.15, -0.1) is 0 Å². The lowest BCUT2D eigenvalue weighted by Gasteiger charge is -2.20. The summed E-state index contributed by atoms with van der Waals surface area (Å²) >= 11 is 0.